The maximum absolute atomic E-state index is 13.3. The summed E-state index contributed by atoms with van der Waals surface area (Å²) in [5.74, 6) is 0.975. The molecule has 0 aliphatic carbocycles. The van der Waals surface area contributed by atoms with Crippen LogP contribution in [0.15, 0.2) is 24.3 Å². The first-order valence-corrected chi connectivity index (χ1v) is 6.02. The summed E-state index contributed by atoms with van der Waals surface area (Å²) < 4.78 is 13.3. The highest BCUT2D eigenvalue weighted by Crippen LogP contribution is 2.24. The fourth-order valence-corrected chi connectivity index (χ4v) is 1.91. The van der Waals surface area contributed by atoms with Crippen molar-refractivity contribution >= 4 is 17.4 Å². The second-order valence-electron chi connectivity index (χ2n) is 3.87. The first-order chi connectivity index (χ1) is 8.58. The van der Waals surface area contributed by atoms with Crippen LogP contribution in [0.3, 0.4) is 0 Å². The molecule has 18 heavy (non-hydrogen) atoms. The van der Waals surface area contributed by atoms with Crippen molar-refractivity contribution in [1.82, 2.24) is 9.97 Å². The van der Waals surface area contributed by atoms with Gasteiger partial charge in [-0.1, -0.05) is 11.6 Å². The minimum absolute atomic E-state index is 0.353. The van der Waals surface area contributed by atoms with Gasteiger partial charge in [0.15, 0.2) is 0 Å². The molecule has 1 N–H and O–H groups in total. The van der Waals surface area contributed by atoms with E-state index in [0.29, 0.717) is 22.1 Å². The lowest BCUT2D eigenvalue weighted by Crippen LogP contribution is -2.02. The molecule has 0 atom stereocenters. The Kier molecular flexibility index (Phi) is 3.77. The summed E-state index contributed by atoms with van der Waals surface area (Å²) in [5.41, 5.74) is 1.30. The number of anilines is 1. The van der Waals surface area contributed by atoms with Crippen molar-refractivity contribution in [2.75, 3.05) is 11.9 Å². The molecule has 94 valence electrons. The molecule has 0 unspecified atom stereocenters. The Morgan fingerprint density at radius 3 is 2.67 bits per heavy atom. The summed E-state index contributed by atoms with van der Waals surface area (Å²) >= 11 is 5.84. The fraction of sp³-hybridized carbons (Fsp3) is 0.231. The molecular weight excluding hydrogens is 253 g/mol. The summed E-state index contributed by atoms with van der Waals surface area (Å²) in [6.45, 7) is 4.54. The van der Waals surface area contributed by atoms with Crippen molar-refractivity contribution in [2.45, 2.75) is 13.8 Å². The zero-order valence-corrected chi connectivity index (χ0v) is 10.9. The lowest BCUT2D eigenvalue weighted by atomic mass is 10.1. The predicted octanol–water partition coefficient (Wildman–Crippen LogP) is 3.68. The SMILES string of the molecule is CCNc1cc(-c2cc(F)cc(Cl)c2)nc(C)n1. The van der Waals surface area contributed by atoms with E-state index in [4.69, 9.17) is 11.6 Å². The Morgan fingerprint density at radius 2 is 2.00 bits per heavy atom. The van der Waals surface area contributed by atoms with Crippen LogP contribution in [0.25, 0.3) is 11.3 Å². The van der Waals surface area contributed by atoms with Crippen LogP contribution in [-0.4, -0.2) is 16.5 Å². The van der Waals surface area contributed by atoms with Gasteiger partial charge < -0.3 is 5.32 Å². The molecule has 0 spiro atoms. The highest BCUT2D eigenvalue weighted by atomic mass is 35.5. The van der Waals surface area contributed by atoms with Crippen LogP contribution in [0.1, 0.15) is 12.7 Å². The molecule has 3 nitrogen and oxygen atoms in total. The van der Waals surface area contributed by atoms with Gasteiger partial charge in [0, 0.05) is 23.2 Å². The quantitative estimate of drug-likeness (QED) is 0.920. The fourth-order valence-electron chi connectivity index (χ4n) is 1.69. The molecule has 0 aliphatic heterocycles. The summed E-state index contributed by atoms with van der Waals surface area (Å²) in [6, 6.07) is 6.14. The number of hydrogen-bond donors (Lipinski definition) is 1. The Bertz CT molecular complexity index is 552. The minimum atomic E-state index is -0.376. The Morgan fingerprint density at radius 1 is 1.22 bits per heavy atom. The zero-order chi connectivity index (χ0) is 13.1. The van der Waals surface area contributed by atoms with Crippen molar-refractivity contribution in [3.8, 4) is 11.3 Å². The monoisotopic (exact) mass is 265 g/mol. The standard InChI is InChI=1S/C13H13ClFN3/c1-3-16-13-7-12(17-8(2)18-13)9-4-10(14)6-11(15)5-9/h4-7H,3H2,1-2H3,(H,16,17,18). The molecular formula is C13H13ClFN3. The van der Waals surface area contributed by atoms with E-state index in [1.54, 1.807) is 19.1 Å². The molecule has 2 aromatic rings. The maximum Gasteiger partial charge on any atom is 0.130 e. The number of halogens is 2. The first-order valence-electron chi connectivity index (χ1n) is 5.64. The van der Waals surface area contributed by atoms with Gasteiger partial charge >= 0.3 is 0 Å². The molecule has 2 rings (SSSR count). The van der Waals surface area contributed by atoms with Crippen molar-refractivity contribution in [1.29, 1.82) is 0 Å². The van der Waals surface area contributed by atoms with Crippen LogP contribution in [0, 0.1) is 12.7 Å². The number of aryl methyl sites for hydroxylation is 1. The highest BCUT2D eigenvalue weighted by Gasteiger charge is 2.06. The molecule has 1 heterocycles. The smallest absolute Gasteiger partial charge is 0.130 e. The highest BCUT2D eigenvalue weighted by molar-refractivity contribution is 6.30. The van der Waals surface area contributed by atoms with Crippen molar-refractivity contribution in [2.24, 2.45) is 0 Å². The Balaban J connectivity index is 2.49. The number of hydrogen-bond acceptors (Lipinski definition) is 3. The Hall–Kier alpha value is -1.68. The summed E-state index contributed by atoms with van der Waals surface area (Å²) in [5, 5.41) is 3.46. The third-order valence-electron chi connectivity index (χ3n) is 2.35. The number of aromatic nitrogens is 2. The molecule has 1 aromatic carbocycles. The third kappa shape index (κ3) is 2.96. The summed E-state index contributed by atoms with van der Waals surface area (Å²) in [6.07, 6.45) is 0. The molecule has 0 saturated carbocycles. The molecule has 0 fully saturated rings. The zero-order valence-electron chi connectivity index (χ0n) is 10.2. The van der Waals surface area contributed by atoms with Gasteiger partial charge in [-0.3, -0.25) is 0 Å². The molecule has 0 amide bonds. The molecule has 1 aromatic heterocycles. The van der Waals surface area contributed by atoms with Crippen molar-refractivity contribution in [3.63, 3.8) is 0 Å². The van der Waals surface area contributed by atoms with Crippen LogP contribution in [0.2, 0.25) is 5.02 Å². The average Bonchev–Trinajstić information content (AvgIpc) is 2.27. The first kappa shape index (κ1) is 12.8. The lowest BCUT2D eigenvalue weighted by Gasteiger charge is -2.07. The molecule has 0 bridgehead atoms. The van der Waals surface area contributed by atoms with E-state index in [1.807, 2.05) is 6.92 Å². The van der Waals surface area contributed by atoms with Crippen LogP contribution in [0.5, 0.6) is 0 Å². The summed E-state index contributed by atoms with van der Waals surface area (Å²) in [7, 11) is 0. The Labute approximate surface area is 110 Å². The minimum Gasteiger partial charge on any atom is -0.370 e. The molecule has 5 heteroatoms. The largest absolute Gasteiger partial charge is 0.370 e. The second kappa shape index (κ2) is 5.31. The van der Waals surface area contributed by atoms with Crippen LogP contribution < -0.4 is 5.32 Å². The molecule has 0 aliphatic rings. The van der Waals surface area contributed by atoms with Gasteiger partial charge in [-0.05, 0) is 32.0 Å². The van der Waals surface area contributed by atoms with Gasteiger partial charge in [0.05, 0.1) is 5.69 Å². The van der Waals surface area contributed by atoms with Gasteiger partial charge in [-0.15, -0.1) is 0 Å². The predicted molar refractivity (Wildman–Crippen MR) is 71.3 cm³/mol. The third-order valence-corrected chi connectivity index (χ3v) is 2.57. The number of rotatable bonds is 3. The molecule has 0 radical (unpaired) electrons. The number of nitrogens with one attached hydrogen (secondary N) is 1. The van der Waals surface area contributed by atoms with Crippen LogP contribution in [0.4, 0.5) is 10.2 Å². The van der Waals surface area contributed by atoms with E-state index < -0.39 is 0 Å². The van der Waals surface area contributed by atoms with E-state index in [9.17, 15) is 4.39 Å². The van der Waals surface area contributed by atoms with Crippen LogP contribution in [-0.2, 0) is 0 Å². The van der Waals surface area contributed by atoms with Gasteiger partial charge in [0.2, 0.25) is 0 Å². The topological polar surface area (TPSA) is 37.8 Å². The summed E-state index contributed by atoms with van der Waals surface area (Å²) in [4.78, 5) is 8.54. The van der Waals surface area contributed by atoms with Crippen molar-refractivity contribution in [3.05, 3.63) is 40.9 Å². The van der Waals surface area contributed by atoms with E-state index in [1.165, 1.54) is 12.1 Å². The number of benzene rings is 1. The van der Waals surface area contributed by atoms with Crippen molar-refractivity contribution < 1.29 is 4.39 Å². The van der Waals surface area contributed by atoms with E-state index in [0.717, 1.165) is 12.4 Å². The lowest BCUT2D eigenvalue weighted by molar-refractivity contribution is 0.628. The number of nitrogens with zero attached hydrogens (tertiary/aromatic N) is 2. The second-order valence-corrected chi connectivity index (χ2v) is 4.31. The van der Waals surface area contributed by atoms with E-state index in [-0.39, 0.29) is 5.82 Å². The van der Waals surface area contributed by atoms with Gasteiger partial charge in [-0.25, -0.2) is 14.4 Å². The van der Waals surface area contributed by atoms with E-state index in [2.05, 4.69) is 15.3 Å². The normalized spacial score (nSPS) is 10.4. The molecule has 0 saturated heterocycles. The van der Waals surface area contributed by atoms with Gasteiger partial charge in [0.1, 0.15) is 17.5 Å². The van der Waals surface area contributed by atoms with Gasteiger partial charge in [-0.2, -0.15) is 0 Å². The van der Waals surface area contributed by atoms with Gasteiger partial charge in [0.25, 0.3) is 0 Å². The maximum atomic E-state index is 13.3. The average molecular weight is 266 g/mol. The van der Waals surface area contributed by atoms with E-state index >= 15 is 0 Å². The van der Waals surface area contributed by atoms with Crippen LogP contribution >= 0.6 is 11.6 Å².